The van der Waals surface area contributed by atoms with Crippen LogP contribution in [0, 0.1) is 18.6 Å². The van der Waals surface area contributed by atoms with Crippen LogP contribution in [0.25, 0.3) is 10.8 Å². The number of nitrogens with zero attached hydrogens (tertiary/aromatic N) is 1. The number of rotatable bonds is 6. The Kier molecular flexibility index (Phi) is 5.46. The Morgan fingerprint density at radius 3 is 2.65 bits per heavy atom. The van der Waals surface area contributed by atoms with Crippen LogP contribution in [0.4, 0.5) is 8.78 Å². The smallest absolute Gasteiger partial charge is 0.226 e. The first-order valence-electron chi connectivity index (χ1n) is 8.16. The molecule has 3 aromatic rings. The molecule has 0 fully saturated rings. The summed E-state index contributed by atoms with van der Waals surface area (Å²) >= 11 is 1.40. The topological polar surface area (TPSA) is 55.1 Å². The number of benzene rings is 1. The van der Waals surface area contributed by atoms with Gasteiger partial charge in [-0.3, -0.25) is 4.79 Å². The van der Waals surface area contributed by atoms with Crippen molar-refractivity contribution in [3.05, 3.63) is 64.4 Å². The van der Waals surface area contributed by atoms with E-state index >= 15 is 0 Å². The molecule has 0 saturated heterocycles. The van der Waals surface area contributed by atoms with Crippen molar-refractivity contribution in [2.45, 2.75) is 32.7 Å². The predicted molar refractivity (Wildman–Crippen MR) is 95.9 cm³/mol. The molecular formula is C19H18F2N2O2S. The number of aryl methyl sites for hydroxylation is 1. The zero-order valence-corrected chi connectivity index (χ0v) is 15.2. The zero-order valence-electron chi connectivity index (χ0n) is 14.4. The van der Waals surface area contributed by atoms with Crippen molar-refractivity contribution < 1.29 is 18.0 Å². The highest BCUT2D eigenvalue weighted by molar-refractivity contribution is 7.13. The Morgan fingerprint density at radius 1 is 1.27 bits per heavy atom. The molecule has 1 aromatic carbocycles. The van der Waals surface area contributed by atoms with Gasteiger partial charge in [0, 0.05) is 17.0 Å². The number of hydrogen-bond acceptors (Lipinski definition) is 4. The average molecular weight is 376 g/mol. The largest absolute Gasteiger partial charge is 0.459 e. The van der Waals surface area contributed by atoms with E-state index < -0.39 is 17.7 Å². The third-order valence-electron chi connectivity index (χ3n) is 3.82. The van der Waals surface area contributed by atoms with Gasteiger partial charge in [0.2, 0.25) is 5.91 Å². The fourth-order valence-corrected chi connectivity index (χ4v) is 3.41. The van der Waals surface area contributed by atoms with Crippen LogP contribution in [0.2, 0.25) is 0 Å². The van der Waals surface area contributed by atoms with Crippen LogP contribution in [-0.2, 0) is 17.6 Å². The monoisotopic (exact) mass is 376 g/mol. The van der Waals surface area contributed by atoms with Gasteiger partial charge in [-0.25, -0.2) is 13.8 Å². The van der Waals surface area contributed by atoms with E-state index in [1.165, 1.54) is 29.5 Å². The molecule has 1 atom stereocenters. The van der Waals surface area contributed by atoms with Crippen molar-refractivity contribution in [1.29, 1.82) is 0 Å². The minimum Gasteiger partial charge on any atom is -0.459 e. The lowest BCUT2D eigenvalue weighted by Gasteiger charge is -2.14. The van der Waals surface area contributed by atoms with Gasteiger partial charge in [0.15, 0.2) is 10.8 Å². The summed E-state index contributed by atoms with van der Waals surface area (Å²) in [4.78, 5) is 16.6. The molecule has 0 bridgehead atoms. The van der Waals surface area contributed by atoms with E-state index in [0.29, 0.717) is 16.5 Å². The van der Waals surface area contributed by atoms with E-state index in [1.807, 2.05) is 19.1 Å². The van der Waals surface area contributed by atoms with Crippen molar-refractivity contribution >= 4 is 17.2 Å². The number of halogens is 2. The number of nitrogens with one attached hydrogen (secondary N) is 1. The molecule has 26 heavy (non-hydrogen) atoms. The second kappa shape index (κ2) is 7.78. The van der Waals surface area contributed by atoms with Crippen LogP contribution in [0.5, 0.6) is 0 Å². The van der Waals surface area contributed by atoms with E-state index in [0.717, 1.165) is 5.76 Å². The SMILES string of the molecule is Cc1ccc(-c2nc(CC(=O)NC(C)Cc3c(F)cccc3F)cs2)o1. The summed E-state index contributed by atoms with van der Waals surface area (Å²) in [5.41, 5.74) is 0.602. The molecule has 1 N–H and O–H groups in total. The molecular weight excluding hydrogens is 358 g/mol. The first-order chi connectivity index (χ1) is 12.4. The van der Waals surface area contributed by atoms with Crippen LogP contribution in [-0.4, -0.2) is 16.9 Å². The van der Waals surface area contributed by atoms with E-state index in [9.17, 15) is 13.6 Å². The fraction of sp³-hybridized carbons (Fsp3) is 0.263. The van der Waals surface area contributed by atoms with Crippen molar-refractivity contribution in [1.82, 2.24) is 10.3 Å². The predicted octanol–water partition coefficient (Wildman–Crippen LogP) is 4.28. The molecule has 1 unspecified atom stereocenters. The summed E-state index contributed by atoms with van der Waals surface area (Å²) in [6.45, 7) is 3.56. The van der Waals surface area contributed by atoms with E-state index in [2.05, 4.69) is 10.3 Å². The number of carbonyl (C=O) groups is 1. The molecule has 0 aliphatic carbocycles. The Labute approximate surface area is 153 Å². The van der Waals surface area contributed by atoms with Gasteiger partial charge in [0.05, 0.1) is 12.1 Å². The number of hydrogen-bond donors (Lipinski definition) is 1. The summed E-state index contributed by atoms with van der Waals surface area (Å²) in [6, 6.07) is 7.02. The highest BCUT2D eigenvalue weighted by Gasteiger charge is 2.16. The molecule has 0 radical (unpaired) electrons. The minimum absolute atomic E-state index is 0.0237. The Hall–Kier alpha value is -2.54. The molecule has 0 spiro atoms. The first-order valence-corrected chi connectivity index (χ1v) is 9.04. The van der Waals surface area contributed by atoms with Gasteiger partial charge in [-0.15, -0.1) is 11.3 Å². The van der Waals surface area contributed by atoms with Crippen molar-refractivity contribution in [3.63, 3.8) is 0 Å². The summed E-state index contributed by atoms with van der Waals surface area (Å²) in [6.07, 6.45) is 0.179. The number of thiazole rings is 1. The third kappa shape index (κ3) is 4.35. The highest BCUT2D eigenvalue weighted by Crippen LogP contribution is 2.25. The molecule has 4 nitrogen and oxygen atoms in total. The maximum absolute atomic E-state index is 13.7. The molecule has 136 valence electrons. The van der Waals surface area contributed by atoms with Crippen molar-refractivity contribution in [2.24, 2.45) is 0 Å². The molecule has 0 aliphatic rings. The maximum atomic E-state index is 13.7. The average Bonchev–Trinajstić information content (AvgIpc) is 3.20. The van der Waals surface area contributed by atoms with Gasteiger partial charge < -0.3 is 9.73 Å². The summed E-state index contributed by atoms with van der Waals surface area (Å²) in [7, 11) is 0. The van der Waals surface area contributed by atoms with Crippen LogP contribution in [0.3, 0.4) is 0 Å². The van der Waals surface area contributed by atoms with Crippen molar-refractivity contribution in [2.75, 3.05) is 0 Å². The number of amides is 1. The zero-order chi connectivity index (χ0) is 18.7. The quantitative estimate of drug-likeness (QED) is 0.699. The van der Waals surface area contributed by atoms with Crippen LogP contribution in [0.15, 0.2) is 40.1 Å². The molecule has 1 amide bonds. The minimum atomic E-state index is -0.607. The Balaban J connectivity index is 1.58. The van der Waals surface area contributed by atoms with Gasteiger partial charge in [-0.1, -0.05) is 6.07 Å². The lowest BCUT2D eigenvalue weighted by molar-refractivity contribution is -0.121. The molecule has 2 heterocycles. The Bertz CT molecular complexity index is 900. The molecule has 0 saturated carbocycles. The molecule has 2 aromatic heterocycles. The van der Waals surface area contributed by atoms with E-state index in [1.54, 1.807) is 12.3 Å². The van der Waals surface area contributed by atoms with Gasteiger partial charge in [-0.2, -0.15) is 0 Å². The fourth-order valence-electron chi connectivity index (χ4n) is 2.63. The standard InChI is InChI=1S/C19H18F2N2O2S/c1-11(8-14-15(20)4-3-5-16(14)21)22-18(24)9-13-10-26-19(23-13)17-7-6-12(2)25-17/h3-7,10-11H,8-9H2,1-2H3,(H,22,24). The van der Waals surface area contributed by atoms with Gasteiger partial charge in [-0.05, 0) is 44.5 Å². The Morgan fingerprint density at radius 2 is 2.00 bits per heavy atom. The molecule has 0 aliphatic heterocycles. The number of aromatic nitrogens is 1. The van der Waals surface area contributed by atoms with Crippen LogP contribution < -0.4 is 5.32 Å². The summed E-state index contributed by atoms with van der Waals surface area (Å²) in [5.74, 6) is 0.000869. The van der Waals surface area contributed by atoms with Crippen LogP contribution in [0.1, 0.15) is 23.9 Å². The summed E-state index contributed by atoms with van der Waals surface area (Å²) in [5, 5.41) is 5.26. The first kappa shape index (κ1) is 18.3. The van der Waals surface area contributed by atoms with Crippen LogP contribution >= 0.6 is 11.3 Å². The number of furan rings is 1. The van der Waals surface area contributed by atoms with E-state index in [4.69, 9.17) is 4.42 Å². The van der Waals surface area contributed by atoms with Crippen molar-refractivity contribution in [3.8, 4) is 10.8 Å². The second-order valence-corrected chi connectivity index (χ2v) is 6.96. The van der Waals surface area contributed by atoms with E-state index in [-0.39, 0.29) is 24.3 Å². The normalized spacial score (nSPS) is 12.2. The summed E-state index contributed by atoms with van der Waals surface area (Å²) < 4.78 is 32.9. The van der Waals surface area contributed by atoms with Gasteiger partial charge in [0.25, 0.3) is 0 Å². The van der Waals surface area contributed by atoms with Gasteiger partial charge >= 0.3 is 0 Å². The van der Waals surface area contributed by atoms with Gasteiger partial charge in [0.1, 0.15) is 17.4 Å². The molecule has 3 rings (SSSR count). The lowest BCUT2D eigenvalue weighted by Crippen LogP contribution is -2.35. The molecule has 7 heteroatoms. The maximum Gasteiger partial charge on any atom is 0.226 e. The third-order valence-corrected chi connectivity index (χ3v) is 4.73. The second-order valence-electron chi connectivity index (χ2n) is 6.10. The highest BCUT2D eigenvalue weighted by atomic mass is 32.1. The number of carbonyl (C=O) groups excluding carboxylic acids is 1. The lowest BCUT2D eigenvalue weighted by atomic mass is 10.1.